The zero-order valence-corrected chi connectivity index (χ0v) is 14.0. The molecule has 1 saturated heterocycles. The first kappa shape index (κ1) is 14.6. The van der Waals surface area contributed by atoms with Crippen molar-refractivity contribution < 1.29 is 14.3 Å². The highest BCUT2D eigenvalue weighted by Crippen LogP contribution is 2.45. The van der Waals surface area contributed by atoms with E-state index in [0.29, 0.717) is 11.7 Å². The monoisotopic (exact) mass is 370 g/mol. The second-order valence-electron chi connectivity index (χ2n) is 5.20. The number of esters is 1. The first-order chi connectivity index (χ1) is 9.94. The summed E-state index contributed by atoms with van der Waals surface area (Å²) in [6, 6.07) is 5.45. The van der Waals surface area contributed by atoms with Crippen molar-refractivity contribution >= 4 is 39.2 Å². The smallest absolute Gasteiger partial charge is 0.317 e. The molecular formula is C14H15BrN2O3S. The van der Waals surface area contributed by atoms with Crippen LogP contribution >= 0.6 is 28.1 Å². The van der Waals surface area contributed by atoms with Gasteiger partial charge in [0.2, 0.25) is 0 Å². The highest BCUT2D eigenvalue weighted by molar-refractivity contribution is 9.10. The molecule has 5 nitrogen and oxygen atoms in total. The van der Waals surface area contributed by atoms with Gasteiger partial charge in [-0.2, -0.15) is 0 Å². The van der Waals surface area contributed by atoms with Gasteiger partial charge in [-0.15, -0.1) is 0 Å². The number of carbonyl (C=O) groups excluding carboxylic acids is 1. The number of hydrogen-bond acceptors (Lipinski definition) is 4. The predicted molar refractivity (Wildman–Crippen MR) is 84.9 cm³/mol. The van der Waals surface area contributed by atoms with E-state index in [0.717, 1.165) is 15.8 Å². The molecule has 112 valence electrons. The minimum atomic E-state index is -0.917. The Kier molecular flexibility index (Phi) is 3.57. The maximum atomic E-state index is 12.4. The predicted octanol–water partition coefficient (Wildman–Crippen LogP) is 2.26. The number of fused-ring (bicyclic) bond motifs is 4. The summed E-state index contributed by atoms with van der Waals surface area (Å²) >= 11 is 8.68. The highest BCUT2D eigenvalue weighted by atomic mass is 79.9. The quantitative estimate of drug-likeness (QED) is 0.615. The van der Waals surface area contributed by atoms with Gasteiger partial charge in [0.25, 0.3) is 0 Å². The molecule has 0 amide bonds. The average Bonchev–Trinajstić information content (AvgIpc) is 2.38. The maximum absolute atomic E-state index is 12.4. The van der Waals surface area contributed by atoms with Crippen LogP contribution in [0.1, 0.15) is 25.5 Å². The Hall–Kier alpha value is -1.34. The summed E-state index contributed by atoms with van der Waals surface area (Å²) in [5.74, 6) is -0.0992. The summed E-state index contributed by atoms with van der Waals surface area (Å²) in [6.07, 6.45) is 0. The topological polar surface area (TPSA) is 59.6 Å². The second kappa shape index (κ2) is 5.14. The number of ether oxygens (including phenoxy) is 2. The molecule has 0 saturated carbocycles. The molecule has 2 N–H and O–H groups in total. The second-order valence-corrected chi connectivity index (χ2v) is 6.52. The fourth-order valence-electron chi connectivity index (χ4n) is 2.90. The number of nitrogens with one attached hydrogen (secondary N) is 2. The summed E-state index contributed by atoms with van der Waals surface area (Å²) in [5.41, 5.74) is -0.0242. The van der Waals surface area contributed by atoms with Gasteiger partial charge >= 0.3 is 5.97 Å². The van der Waals surface area contributed by atoms with Crippen molar-refractivity contribution in [2.45, 2.75) is 25.6 Å². The summed E-state index contributed by atoms with van der Waals surface area (Å²) in [5, 5.41) is 6.69. The molecule has 3 rings (SSSR count). The van der Waals surface area contributed by atoms with Gasteiger partial charge < -0.3 is 20.1 Å². The largest absolute Gasteiger partial charge is 0.467 e. The van der Waals surface area contributed by atoms with Crippen molar-refractivity contribution in [2.24, 2.45) is 5.92 Å². The van der Waals surface area contributed by atoms with Crippen LogP contribution < -0.4 is 15.4 Å². The standard InChI is InChI=1S/C14H15BrN2O3S/c1-3-19-12(18)10-11-8-6-7(15)4-5-9(8)20-14(10,2)17-13(21)16-11/h4-6,10-11H,3H2,1-2H3,(H2,16,17,21). The van der Waals surface area contributed by atoms with Gasteiger partial charge in [0.15, 0.2) is 10.8 Å². The minimum Gasteiger partial charge on any atom is -0.467 e. The molecule has 2 heterocycles. The molecule has 0 radical (unpaired) electrons. The van der Waals surface area contributed by atoms with Gasteiger partial charge in [-0.05, 0) is 44.3 Å². The number of benzene rings is 1. The lowest BCUT2D eigenvalue weighted by Crippen LogP contribution is -2.70. The first-order valence-corrected chi connectivity index (χ1v) is 7.88. The molecule has 2 bridgehead atoms. The maximum Gasteiger partial charge on any atom is 0.317 e. The van der Waals surface area contributed by atoms with Gasteiger partial charge in [-0.1, -0.05) is 15.9 Å². The lowest BCUT2D eigenvalue weighted by molar-refractivity contribution is -0.162. The number of halogens is 1. The highest BCUT2D eigenvalue weighted by Gasteiger charge is 2.55. The third kappa shape index (κ3) is 2.38. The van der Waals surface area contributed by atoms with Crippen molar-refractivity contribution in [3.05, 3.63) is 28.2 Å². The molecule has 3 atom stereocenters. The average molecular weight is 371 g/mol. The van der Waals surface area contributed by atoms with Gasteiger partial charge in [0.1, 0.15) is 11.7 Å². The van der Waals surface area contributed by atoms with E-state index in [9.17, 15) is 4.79 Å². The lowest BCUT2D eigenvalue weighted by Gasteiger charge is -2.50. The van der Waals surface area contributed by atoms with E-state index < -0.39 is 11.6 Å². The molecule has 1 aromatic carbocycles. The molecule has 0 spiro atoms. The zero-order chi connectivity index (χ0) is 15.2. The SMILES string of the molecule is CCOC(=O)C1C2NC(=S)NC1(C)Oc1ccc(Br)cc12. The van der Waals surface area contributed by atoms with E-state index in [1.165, 1.54) is 0 Å². The van der Waals surface area contributed by atoms with E-state index >= 15 is 0 Å². The van der Waals surface area contributed by atoms with Crippen LogP contribution in [0.5, 0.6) is 5.75 Å². The van der Waals surface area contributed by atoms with Gasteiger partial charge in [0.05, 0.1) is 12.6 Å². The van der Waals surface area contributed by atoms with Crippen LogP contribution in [-0.2, 0) is 9.53 Å². The van der Waals surface area contributed by atoms with Crippen molar-refractivity contribution in [2.75, 3.05) is 6.61 Å². The third-order valence-electron chi connectivity index (χ3n) is 3.74. The molecule has 2 aliphatic heterocycles. The Bertz CT molecular complexity index is 624. The first-order valence-electron chi connectivity index (χ1n) is 6.68. The molecule has 0 aliphatic carbocycles. The molecule has 0 aromatic heterocycles. The summed E-state index contributed by atoms with van der Waals surface area (Å²) in [7, 11) is 0. The van der Waals surface area contributed by atoms with E-state index in [4.69, 9.17) is 21.7 Å². The molecule has 1 fully saturated rings. The Balaban J connectivity index is 2.10. The number of carbonyl (C=O) groups is 1. The van der Waals surface area contributed by atoms with Crippen LogP contribution in [0.4, 0.5) is 0 Å². The zero-order valence-electron chi connectivity index (χ0n) is 11.6. The molecular weight excluding hydrogens is 356 g/mol. The summed E-state index contributed by atoms with van der Waals surface area (Å²) in [4.78, 5) is 12.4. The molecule has 2 aliphatic rings. The Morgan fingerprint density at radius 3 is 3.05 bits per heavy atom. The van der Waals surface area contributed by atoms with Gasteiger partial charge in [-0.3, -0.25) is 4.79 Å². The molecule has 21 heavy (non-hydrogen) atoms. The third-order valence-corrected chi connectivity index (χ3v) is 4.46. The van der Waals surface area contributed by atoms with Crippen LogP contribution in [0.3, 0.4) is 0 Å². The van der Waals surface area contributed by atoms with Crippen molar-refractivity contribution in [3.63, 3.8) is 0 Å². The summed E-state index contributed by atoms with van der Waals surface area (Å²) < 4.78 is 12.2. The van der Waals surface area contributed by atoms with Crippen molar-refractivity contribution in [1.82, 2.24) is 10.6 Å². The van der Waals surface area contributed by atoms with Gasteiger partial charge in [0, 0.05) is 10.0 Å². The normalized spacial score (nSPS) is 29.6. The lowest BCUT2D eigenvalue weighted by atomic mass is 9.80. The van der Waals surface area contributed by atoms with E-state index in [2.05, 4.69) is 26.6 Å². The number of thiocarbonyl (C=S) groups is 1. The van der Waals surface area contributed by atoms with Crippen LogP contribution in [-0.4, -0.2) is 23.4 Å². The minimum absolute atomic E-state index is 0.274. The fraction of sp³-hybridized carbons (Fsp3) is 0.429. The molecule has 1 aromatic rings. The van der Waals surface area contributed by atoms with Crippen LogP contribution in [0, 0.1) is 5.92 Å². The number of rotatable bonds is 2. The van der Waals surface area contributed by atoms with Crippen LogP contribution in [0.2, 0.25) is 0 Å². The van der Waals surface area contributed by atoms with E-state index in [1.807, 2.05) is 25.1 Å². The van der Waals surface area contributed by atoms with Crippen LogP contribution in [0.25, 0.3) is 0 Å². The summed E-state index contributed by atoms with van der Waals surface area (Å²) in [6.45, 7) is 3.93. The fourth-order valence-corrected chi connectivity index (χ4v) is 3.61. The van der Waals surface area contributed by atoms with Crippen LogP contribution in [0.15, 0.2) is 22.7 Å². The van der Waals surface area contributed by atoms with E-state index in [-0.39, 0.29) is 12.0 Å². The Morgan fingerprint density at radius 1 is 1.57 bits per heavy atom. The van der Waals surface area contributed by atoms with E-state index in [1.54, 1.807) is 6.92 Å². The van der Waals surface area contributed by atoms with Gasteiger partial charge in [-0.25, -0.2) is 0 Å². The Morgan fingerprint density at radius 2 is 2.33 bits per heavy atom. The molecule has 3 unspecified atom stereocenters. The molecule has 7 heteroatoms. The van der Waals surface area contributed by atoms with Crippen molar-refractivity contribution in [1.29, 1.82) is 0 Å². The number of hydrogen-bond donors (Lipinski definition) is 2. The Labute approximate surface area is 136 Å². The van der Waals surface area contributed by atoms with Crippen molar-refractivity contribution in [3.8, 4) is 5.75 Å².